The molecule has 0 fully saturated rings. The van der Waals surface area contributed by atoms with Crippen molar-refractivity contribution in [1.29, 1.82) is 0 Å². The smallest absolute Gasteiger partial charge is 0.309 e. The van der Waals surface area contributed by atoms with E-state index in [4.69, 9.17) is 4.74 Å². The van der Waals surface area contributed by atoms with Crippen LogP contribution in [-0.4, -0.2) is 25.5 Å². The van der Waals surface area contributed by atoms with E-state index in [2.05, 4.69) is 16.7 Å². The summed E-state index contributed by atoms with van der Waals surface area (Å²) in [6.45, 7) is 0.835. The number of amides is 2. The maximum absolute atomic E-state index is 11.8. The number of rotatable bonds is 6. The second-order valence-corrected chi connectivity index (χ2v) is 5.64. The van der Waals surface area contributed by atoms with Crippen molar-refractivity contribution in [3.05, 3.63) is 41.5 Å². The molecule has 0 saturated heterocycles. The van der Waals surface area contributed by atoms with Crippen LogP contribution in [0.5, 0.6) is 5.75 Å². The Morgan fingerprint density at radius 1 is 1.09 bits per heavy atom. The molecule has 5 nitrogen and oxygen atoms in total. The average Bonchev–Trinajstić information content (AvgIpc) is 2.61. The first-order valence-corrected chi connectivity index (χ1v) is 8.06. The van der Waals surface area contributed by atoms with E-state index in [-0.39, 0.29) is 0 Å². The van der Waals surface area contributed by atoms with Crippen LogP contribution in [0, 0.1) is 0 Å². The molecule has 0 aromatic heterocycles. The van der Waals surface area contributed by atoms with Crippen LogP contribution in [0.4, 0.5) is 0 Å². The van der Waals surface area contributed by atoms with Gasteiger partial charge in [-0.05, 0) is 49.8 Å². The molecule has 0 spiro atoms. The maximum atomic E-state index is 11.8. The Morgan fingerprint density at radius 3 is 2.48 bits per heavy atom. The quantitative estimate of drug-likeness (QED) is 0.625. The van der Waals surface area contributed by atoms with Crippen LogP contribution in [-0.2, 0) is 16.1 Å². The van der Waals surface area contributed by atoms with Crippen molar-refractivity contribution in [2.75, 3.05) is 13.7 Å². The Labute approximate surface area is 137 Å². The maximum Gasteiger partial charge on any atom is 0.309 e. The number of hydrogen-bond donors (Lipinski definition) is 2. The zero-order valence-corrected chi connectivity index (χ0v) is 13.6. The number of nitrogens with one attached hydrogen (secondary N) is 2. The third-order valence-electron chi connectivity index (χ3n) is 3.94. The molecular formula is C18H24N2O3. The van der Waals surface area contributed by atoms with Gasteiger partial charge < -0.3 is 15.4 Å². The van der Waals surface area contributed by atoms with Gasteiger partial charge in [0, 0.05) is 13.1 Å². The summed E-state index contributed by atoms with van der Waals surface area (Å²) in [4.78, 5) is 23.5. The molecule has 5 heteroatoms. The van der Waals surface area contributed by atoms with Gasteiger partial charge in [0.2, 0.25) is 0 Å². The minimum absolute atomic E-state index is 0.321. The van der Waals surface area contributed by atoms with Crippen LogP contribution in [0.2, 0.25) is 0 Å². The summed E-state index contributed by atoms with van der Waals surface area (Å²) in [6, 6.07) is 7.35. The van der Waals surface area contributed by atoms with Crippen molar-refractivity contribution in [1.82, 2.24) is 10.6 Å². The summed E-state index contributed by atoms with van der Waals surface area (Å²) in [5.41, 5.74) is 2.30. The first kappa shape index (κ1) is 17.1. The lowest BCUT2D eigenvalue weighted by atomic mass is 9.97. The molecule has 0 radical (unpaired) electrons. The van der Waals surface area contributed by atoms with Gasteiger partial charge in [-0.25, -0.2) is 0 Å². The highest BCUT2D eigenvalue weighted by molar-refractivity contribution is 6.35. The van der Waals surface area contributed by atoms with E-state index in [1.54, 1.807) is 7.11 Å². The van der Waals surface area contributed by atoms with Crippen LogP contribution in [0.3, 0.4) is 0 Å². The molecule has 2 N–H and O–H groups in total. The highest BCUT2D eigenvalue weighted by Gasteiger charge is 2.12. The molecule has 0 saturated carbocycles. The Kier molecular flexibility index (Phi) is 6.66. The van der Waals surface area contributed by atoms with Crippen LogP contribution in [0.1, 0.15) is 37.7 Å². The number of benzene rings is 1. The summed E-state index contributed by atoms with van der Waals surface area (Å²) in [6.07, 6.45) is 7.80. The number of hydrogen-bond acceptors (Lipinski definition) is 3. The van der Waals surface area contributed by atoms with Crippen molar-refractivity contribution in [3.63, 3.8) is 0 Å². The van der Waals surface area contributed by atoms with Gasteiger partial charge in [-0.3, -0.25) is 9.59 Å². The number of carbonyl (C=O) groups excluding carboxylic acids is 2. The van der Waals surface area contributed by atoms with Gasteiger partial charge in [0.1, 0.15) is 5.75 Å². The summed E-state index contributed by atoms with van der Waals surface area (Å²) < 4.78 is 5.07. The third kappa shape index (κ3) is 5.77. The summed E-state index contributed by atoms with van der Waals surface area (Å²) in [7, 11) is 1.60. The minimum atomic E-state index is -0.599. The number of carbonyl (C=O) groups is 2. The monoisotopic (exact) mass is 316 g/mol. The molecule has 0 bridgehead atoms. The third-order valence-corrected chi connectivity index (χ3v) is 3.94. The molecule has 1 aromatic carbocycles. The van der Waals surface area contributed by atoms with Gasteiger partial charge in [-0.1, -0.05) is 23.8 Å². The lowest BCUT2D eigenvalue weighted by Crippen LogP contribution is -2.40. The second-order valence-electron chi connectivity index (χ2n) is 5.64. The number of allylic oxidation sites excluding steroid dienone is 1. The summed E-state index contributed by atoms with van der Waals surface area (Å²) >= 11 is 0. The molecule has 1 aromatic rings. The van der Waals surface area contributed by atoms with E-state index in [0.717, 1.165) is 30.6 Å². The fourth-order valence-electron chi connectivity index (χ4n) is 2.55. The molecular weight excluding hydrogens is 292 g/mol. The lowest BCUT2D eigenvalue weighted by Gasteiger charge is -2.12. The van der Waals surface area contributed by atoms with Gasteiger partial charge in [-0.15, -0.1) is 0 Å². The first-order valence-electron chi connectivity index (χ1n) is 8.06. The SMILES string of the molecule is COc1ccc(CNC(=O)C(=O)NCCC2=CCCCC2)cc1. The van der Waals surface area contributed by atoms with Gasteiger partial charge in [0.05, 0.1) is 7.11 Å². The fraction of sp³-hybridized carbons (Fsp3) is 0.444. The molecule has 0 unspecified atom stereocenters. The topological polar surface area (TPSA) is 67.4 Å². The van der Waals surface area contributed by atoms with E-state index >= 15 is 0 Å². The first-order chi connectivity index (χ1) is 11.2. The van der Waals surface area contributed by atoms with Crippen LogP contribution in [0.25, 0.3) is 0 Å². The van der Waals surface area contributed by atoms with Crippen molar-refractivity contribution in [2.24, 2.45) is 0 Å². The Bertz CT molecular complexity index is 564. The highest BCUT2D eigenvalue weighted by atomic mass is 16.5. The second kappa shape index (κ2) is 8.98. The standard InChI is InChI=1S/C18H24N2O3/c1-23-16-9-7-15(8-10-16)13-20-18(22)17(21)19-12-11-14-5-3-2-4-6-14/h5,7-10H,2-4,6,11-13H2,1H3,(H,19,21)(H,20,22). The zero-order chi connectivity index (χ0) is 16.5. The molecule has 1 aliphatic carbocycles. The number of ether oxygens (including phenoxy) is 1. The van der Waals surface area contributed by atoms with E-state index in [1.165, 1.54) is 18.4 Å². The van der Waals surface area contributed by atoms with E-state index in [9.17, 15) is 9.59 Å². The predicted molar refractivity (Wildman–Crippen MR) is 89.0 cm³/mol. The molecule has 2 amide bonds. The molecule has 0 aliphatic heterocycles. The predicted octanol–water partition coefficient (Wildman–Crippen LogP) is 2.32. The van der Waals surface area contributed by atoms with Crippen LogP contribution < -0.4 is 15.4 Å². The molecule has 124 valence electrons. The average molecular weight is 316 g/mol. The lowest BCUT2D eigenvalue weighted by molar-refractivity contribution is -0.139. The fourth-order valence-corrected chi connectivity index (χ4v) is 2.55. The molecule has 0 heterocycles. The summed E-state index contributed by atoms with van der Waals surface area (Å²) in [5, 5.41) is 5.29. The molecule has 0 atom stereocenters. The van der Waals surface area contributed by atoms with Gasteiger partial charge in [0.15, 0.2) is 0 Å². The molecule has 1 aliphatic rings. The van der Waals surface area contributed by atoms with Crippen LogP contribution in [0.15, 0.2) is 35.9 Å². The Hall–Kier alpha value is -2.30. The van der Waals surface area contributed by atoms with Crippen molar-refractivity contribution < 1.29 is 14.3 Å². The van der Waals surface area contributed by atoms with Gasteiger partial charge in [-0.2, -0.15) is 0 Å². The zero-order valence-electron chi connectivity index (χ0n) is 13.6. The van der Waals surface area contributed by atoms with E-state index in [1.807, 2.05) is 24.3 Å². The molecule has 23 heavy (non-hydrogen) atoms. The van der Waals surface area contributed by atoms with Crippen molar-refractivity contribution >= 4 is 11.8 Å². The highest BCUT2D eigenvalue weighted by Crippen LogP contribution is 2.19. The Morgan fingerprint density at radius 2 is 1.83 bits per heavy atom. The van der Waals surface area contributed by atoms with Gasteiger partial charge in [0.25, 0.3) is 0 Å². The van der Waals surface area contributed by atoms with E-state index < -0.39 is 11.8 Å². The summed E-state index contributed by atoms with van der Waals surface area (Å²) in [5.74, 6) is -0.414. The number of methoxy groups -OCH3 is 1. The van der Waals surface area contributed by atoms with Gasteiger partial charge >= 0.3 is 11.8 Å². The molecule has 2 rings (SSSR count). The Balaban J connectivity index is 1.67. The van der Waals surface area contributed by atoms with Crippen molar-refractivity contribution in [2.45, 2.75) is 38.6 Å². The normalized spacial score (nSPS) is 13.9. The largest absolute Gasteiger partial charge is 0.497 e. The van der Waals surface area contributed by atoms with E-state index in [0.29, 0.717) is 13.1 Å². The minimum Gasteiger partial charge on any atom is -0.497 e. The van der Waals surface area contributed by atoms with Crippen molar-refractivity contribution in [3.8, 4) is 5.75 Å². The van der Waals surface area contributed by atoms with Crippen LogP contribution >= 0.6 is 0 Å².